The fourth-order valence-corrected chi connectivity index (χ4v) is 3.91. The summed E-state index contributed by atoms with van der Waals surface area (Å²) in [5.41, 5.74) is 8.24. The minimum Gasteiger partial charge on any atom is -0.366 e. The van der Waals surface area contributed by atoms with Gasteiger partial charge in [-0.25, -0.2) is 0 Å². The number of anilines is 1. The lowest BCUT2D eigenvalue weighted by molar-refractivity contribution is -0.128. The Hall–Kier alpha value is -3.32. The first-order valence-corrected chi connectivity index (χ1v) is 10.0. The van der Waals surface area contributed by atoms with E-state index in [0.717, 1.165) is 16.5 Å². The predicted molar refractivity (Wildman–Crippen MR) is 115 cm³/mol. The molecule has 0 saturated carbocycles. The Labute approximate surface area is 178 Å². The maximum Gasteiger partial charge on any atom is 0.248 e. The molecule has 154 valence electrons. The number of aromatic nitrogens is 1. The van der Waals surface area contributed by atoms with E-state index in [4.69, 9.17) is 17.3 Å². The minimum absolute atomic E-state index is 0.0305. The number of amides is 3. The number of primary amides is 1. The number of carbonyl (C=O) groups excluding carboxylic acids is 3. The highest BCUT2D eigenvalue weighted by Gasteiger charge is 2.34. The van der Waals surface area contributed by atoms with Crippen molar-refractivity contribution >= 4 is 45.9 Å². The van der Waals surface area contributed by atoms with Gasteiger partial charge in [0.2, 0.25) is 17.7 Å². The average Bonchev–Trinajstić information content (AvgIpc) is 3.29. The third kappa shape index (κ3) is 4.16. The number of benzene rings is 2. The summed E-state index contributed by atoms with van der Waals surface area (Å²) < 4.78 is 0. The number of nitrogens with one attached hydrogen (secondary N) is 2. The molecule has 8 heteroatoms. The van der Waals surface area contributed by atoms with Crippen molar-refractivity contribution in [2.45, 2.75) is 12.8 Å². The van der Waals surface area contributed by atoms with Gasteiger partial charge in [-0.05, 0) is 54.4 Å². The number of carbonyl (C=O) groups is 3. The van der Waals surface area contributed by atoms with E-state index in [-0.39, 0.29) is 18.2 Å². The highest BCUT2D eigenvalue weighted by atomic mass is 35.5. The summed E-state index contributed by atoms with van der Waals surface area (Å²) in [4.78, 5) is 41.0. The molecule has 0 spiro atoms. The van der Waals surface area contributed by atoms with Crippen molar-refractivity contribution in [2.24, 2.45) is 11.7 Å². The Morgan fingerprint density at radius 3 is 2.70 bits per heavy atom. The van der Waals surface area contributed by atoms with Crippen LogP contribution in [0.1, 0.15) is 22.3 Å². The molecule has 4 N–H and O–H groups in total. The highest BCUT2D eigenvalue weighted by molar-refractivity contribution is 6.31. The molecule has 0 radical (unpaired) electrons. The molecular weight excluding hydrogens is 404 g/mol. The summed E-state index contributed by atoms with van der Waals surface area (Å²) in [6.07, 6.45) is 2.79. The molecule has 3 amide bonds. The molecule has 1 fully saturated rings. The van der Waals surface area contributed by atoms with Crippen LogP contribution in [-0.2, 0) is 16.0 Å². The van der Waals surface area contributed by atoms with E-state index in [9.17, 15) is 14.4 Å². The first-order valence-electron chi connectivity index (χ1n) is 9.65. The van der Waals surface area contributed by atoms with Crippen LogP contribution in [0.3, 0.4) is 0 Å². The number of hydrogen-bond acceptors (Lipinski definition) is 3. The van der Waals surface area contributed by atoms with Gasteiger partial charge in [0.25, 0.3) is 0 Å². The second-order valence-electron chi connectivity index (χ2n) is 7.43. The third-order valence-corrected chi connectivity index (χ3v) is 5.64. The van der Waals surface area contributed by atoms with Crippen molar-refractivity contribution in [3.8, 4) is 0 Å². The number of nitrogens with two attached hydrogens (primary N) is 1. The Morgan fingerprint density at radius 2 is 1.97 bits per heavy atom. The molecule has 2 heterocycles. The lowest BCUT2D eigenvalue weighted by Gasteiger charge is -2.16. The normalized spacial score (nSPS) is 16.2. The number of likely N-dealkylation sites (tertiary alicyclic amines) is 1. The zero-order valence-electron chi connectivity index (χ0n) is 16.2. The van der Waals surface area contributed by atoms with E-state index in [1.165, 1.54) is 0 Å². The van der Waals surface area contributed by atoms with Crippen LogP contribution in [0.2, 0.25) is 5.02 Å². The van der Waals surface area contributed by atoms with Crippen LogP contribution in [0.4, 0.5) is 5.69 Å². The first kappa shape index (κ1) is 20.0. The Morgan fingerprint density at radius 1 is 1.20 bits per heavy atom. The fourth-order valence-electron chi connectivity index (χ4n) is 3.74. The summed E-state index contributed by atoms with van der Waals surface area (Å²) in [7, 11) is 0. The number of hydrogen-bond donors (Lipinski definition) is 3. The third-order valence-electron chi connectivity index (χ3n) is 5.40. The molecule has 1 aromatic heterocycles. The van der Waals surface area contributed by atoms with Crippen molar-refractivity contribution in [2.75, 3.05) is 18.4 Å². The van der Waals surface area contributed by atoms with Crippen molar-refractivity contribution < 1.29 is 14.4 Å². The van der Waals surface area contributed by atoms with Crippen LogP contribution in [0.25, 0.3) is 10.9 Å². The van der Waals surface area contributed by atoms with Gasteiger partial charge in [0.05, 0.1) is 5.92 Å². The molecule has 1 aliphatic heterocycles. The SMILES string of the molecule is NC(=O)c1ccc(NC(=O)[C@@H]2CC(=O)N(CCc3c[nH]c4ccc(Cl)cc34)C2)cc1. The summed E-state index contributed by atoms with van der Waals surface area (Å²) in [6.45, 7) is 0.919. The van der Waals surface area contributed by atoms with Crippen LogP contribution in [0.15, 0.2) is 48.7 Å². The number of rotatable bonds is 6. The van der Waals surface area contributed by atoms with Gasteiger partial charge >= 0.3 is 0 Å². The average molecular weight is 425 g/mol. The van der Waals surface area contributed by atoms with E-state index in [1.54, 1.807) is 29.2 Å². The monoisotopic (exact) mass is 424 g/mol. The first-order chi connectivity index (χ1) is 14.4. The number of nitrogens with zero attached hydrogens (tertiary/aromatic N) is 1. The van der Waals surface area contributed by atoms with Crippen LogP contribution in [0, 0.1) is 5.92 Å². The minimum atomic E-state index is -0.526. The Bertz CT molecular complexity index is 1120. The molecular formula is C22H21ClN4O3. The van der Waals surface area contributed by atoms with Crippen molar-refractivity contribution in [1.29, 1.82) is 0 Å². The van der Waals surface area contributed by atoms with Crippen LogP contribution >= 0.6 is 11.6 Å². The molecule has 7 nitrogen and oxygen atoms in total. The second kappa shape index (κ2) is 8.20. The number of fused-ring (bicyclic) bond motifs is 1. The standard InChI is InChI=1S/C22H21ClN4O3/c23-16-3-6-19-18(10-16)14(11-25-19)7-8-27-12-15(9-20(27)28)22(30)26-17-4-1-13(2-5-17)21(24)29/h1-6,10-11,15,25H,7-9,12H2,(H2,24,29)(H,26,30)/t15-/m1/s1. The predicted octanol–water partition coefficient (Wildman–Crippen LogP) is 2.95. The molecule has 1 saturated heterocycles. The zero-order valence-corrected chi connectivity index (χ0v) is 16.9. The van der Waals surface area contributed by atoms with Gasteiger partial charge < -0.3 is 20.9 Å². The fraction of sp³-hybridized carbons (Fsp3) is 0.227. The molecule has 2 aromatic carbocycles. The molecule has 30 heavy (non-hydrogen) atoms. The number of halogens is 1. The van der Waals surface area contributed by atoms with Crippen LogP contribution in [-0.4, -0.2) is 40.7 Å². The van der Waals surface area contributed by atoms with Crippen LogP contribution < -0.4 is 11.1 Å². The van der Waals surface area contributed by atoms with Crippen molar-refractivity contribution in [1.82, 2.24) is 9.88 Å². The van der Waals surface area contributed by atoms with Crippen molar-refractivity contribution in [3.63, 3.8) is 0 Å². The quantitative estimate of drug-likeness (QED) is 0.566. The smallest absolute Gasteiger partial charge is 0.248 e. The summed E-state index contributed by atoms with van der Waals surface area (Å²) in [6, 6.07) is 12.0. The van der Waals surface area contributed by atoms with Crippen molar-refractivity contribution in [3.05, 3.63) is 64.8 Å². The second-order valence-corrected chi connectivity index (χ2v) is 7.86. The molecule has 0 bridgehead atoms. The lowest BCUT2D eigenvalue weighted by atomic mass is 10.1. The maximum atomic E-state index is 12.6. The largest absolute Gasteiger partial charge is 0.366 e. The topological polar surface area (TPSA) is 108 Å². The highest BCUT2D eigenvalue weighted by Crippen LogP contribution is 2.25. The Kier molecular flexibility index (Phi) is 5.46. The molecule has 0 aliphatic carbocycles. The van der Waals surface area contributed by atoms with Gasteiger partial charge in [0, 0.05) is 52.9 Å². The summed E-state index contributed by atoms with van der Waals surface area (Å²) in [5, 5.41) is 4.51. The number of aromatic amines is 1. The van der Waals surface area contributed by atoms with Gasteiger partial charge in [0.15, 0.2) is 0 Å². The van der Waals surface area contributed by atoms with E-state index in [2.05, 4.69) is 10.3 Å². The Balaban J connectivity index is 1.35. The van der Waals surface area contributed by atoms with E-state index < -0.39 is 11.8 Å². The molecule has 0 unspecified atom stereocenters. The van der Waals surface area contributed by atoms with E-state index >= 15 is 0 Å². The van der Waals surface area contributed by atoms with Gasteiger partial charge in [0.1, 0.15) is 0 Å². The zero-order chi connectivity index (χ0) is 21.3. The van der Waals surface area contributed by atoms with Gasteiger partial charge in [-0.2, -0.15) is 0 Å². The number of H-pyrrole nitrogens is 1. The van der Waals surface area contributed by atoms with E-state index in [0.29, 0.717) is 35.8 Å². The van der Waals surface area contributed by atoms with Gasteiger partial charge in [-0.1, -0.05) is 11.6 Å². The maximum absolute atomic E-state index is 12.6. The van der Waals surface area contributed by atoms with E-state index in [1.807, 2.05) is 24.4 Å². The van der Waals surface area contributed by atoms with Gasteiger partial charge in [-0.3, -0.25) is 14.4 Å². The lowest BCUT2D eigenvalue weighted by Crippen LogP contribution is -2.30. The summed E-state index contributed by atoms with van der Waals surface area (Å²) >= 11 is 6.10. The molecule has 3 aromatic rings. The van der Waals surface area contributed by atoms with Gasteiger partial charge in [-0.15, -0.1) is 0 Å². The molecule has 1 aliphatic rings. The molecule has 1 atom stereocenters. The molecule has 4 rings (SSSR count). The summed E-state index contributed by atoms with van der Waals surface area (Å²) in [5.74, 6) is -1.18. The van der Waals surface area contributed by atoms with Crippen LogP contribution in [0.5, 0.6) is 0 Å².